The zero-order valence-electron chi connectivity index (χ0n) is 11.9. The second kappa shape index (κ2) is 5.02. The van der Waals surface area contributed by atoms with Gasteiger partial charge >= 0.3 is 0 Å². The standard InChI is InChI=1S/C16H26N2/c1-15(2,3)13-6-8-14(9-7-13)16(12-17)10-4-5-11-18-16/h6-9,18H,4-5,10-12,17H2,1-3H3. The molecule has 1 unspecified atom stereocenters. The van der Waals surface area contributed by atoms with Gasteiger partial charge in [-0.25, -0.2) is 0 Å². The maximum atomic E-state index is 6.03. The second-order valence-corrected chi connectivity index (χ2v) is 6.50. The molecule has 0 aliphatic carbocycles. The molecule has 0 saturated carbocycles. The van der Waals surface area contributed by atoms with Gasteiger partial charge in [0.25, 0.3) is 0 Å². The molecule has 1 aromatic carbocycles. The Morgan fingerprint density at radius 2 is 1.83 bits per heavy atom. The maximum absolute atomic E-state index is 6.03. The van der Waals surface area contributed by atoms with Crippen LogP contribution in [0.4, 0.5) is 0 Å². The molecule has 3 N–H and O–H groups in total. The van der Waals surface area contributed by atoms with Crippen molar-refractivity contribution in [2.24, 2.45) is 5.73 Å². The van der Waals surface area contributed by atoms with Gasteiger partial charge < -0.3 is 11.1 Å². The van der Waals surface area contributed by atoms with E-state index in [1.807, 2.05) is 0 Å². The second-order valence-electron chi connectivity index (χ2n) is 6.50. The zero-order valence-corrected chi connectivity index (χ0v) is 11.9. The van der Waals surface area contributed by atoms with Crippen LogP contribution in [0.25, 0.3) is 0 Å². The maximum Gasteiger partial charge on any atom is 0.0558 e. The molecule has 100 valence electrons. The summed E-state index contributed by atoms with van der Waals surface area (Å²) in [6.45, 7) is 8.51. The number of nitrogens with two attached hydrogens (primary N) is 1. The summed E-state index contributed by atoms with van der Waals surface area (Å²) in [7, 11) is 0. The summed E-state index contributed by atoms with van der Waals surface area (Å²) in [5.74, 6) is 0. The van der Waals surface area contributed by atoms with Gasteiger partial charge in [-0.2, -0.15) is 0 Å². The number of rotatable bonds is 2. The van der Waals surface area contributed by atoms with Crippen LogP contribution in [0.15, 0.2) is 24.3 Å². The molecule has 0 amide bonds. The highest BCUT2D eigenvalue weighted by molar-refractivity contribution is 5.32. The molecule has 0 spiro atoms. The summed E-state index contributed by atoms with van der Waals surface area (Å²) in [5, 5.41) is 3.63. The van der Waals surface area contributed by atoms with Gasteiger partial charge in [0, 0.05) is 6.54 Å². The number of nitrogens with one attached hydrogen (secondary N) is 1. The molecule has 1 heterocycles. The molecule has 1 aliphatic rings. The number of piperidine rings is 1. The Morgan fingerprint density at radius 3 is 2.28 bits per heavy atom. The van der Waals surface area contributed by atoms with Gasteiger partial charge in [0.1, 0.15) is 0 Å². The van der Waals surface area contributed by atoms with Gasteiger partial charge in [-0.05, 0) is 42.3 Å². The Morgan fingerprint density at radius 1 is 1.17 bits per heavy atom. The van der Waals surface area contributed by atoms with Gasteiger partial charge in [0.2, 0.25) is 0 Å². The van der Waals surface area contributed by atoms with E-state index in [-0.39, 0.29) is 11.0 Å². The van der Waals surface area contributed by atoms with Gasteiger partial charge in [-0.3, -0.25) is 0 Å². The highest BCUT2D eigenvalue weighted by Gasteiger charge is 2.32. The monoisotopic (exact) mass is 246 g/mol. The van der Waals surface area contributed by atoms with Crippen LogP contribution >= 0.6 is 0 Å². The molecule has 1 saturated heterocycles. The van der Waals surface area contributed by atoms with Crippen LogP contribution in [-0.2, 0) is 11.0 Å². The fourth-order valence-corrected chi connectivity index (χ4v) is 2.80. The smallest absolute Gasteiger partial charge is 0.0558 e. The molecule has 1 fully saturated rings. The van der Waals surface area contributed by atoms with E-state index in [1.54, 1.807) is 0 Å². The van der Waals surface area contributed by atoms with Crippen LogP contribution in [0.2, 0.25) is 0 Å². The van der Waals surface area contributed by atoms with Crippen molar-refractivity contribution in [3.05, 3.63) is 35.4 Å². The lowest BCUT2D eigenvalue weighted by Crippen LogP contribution is -2.51. The predicted molar refractivity (Wildman–Crippen MR) is 77.7 cm³/mol. The third kappa shape index (κ3) is 2.60. The molecule has 1 aliphatic heterocycles. The van der Waals surface area contributed by atoms with Crippen molar-refractivity contribution in [1.29, 1.82) is 0 Å². The number of benzene rings is 1. The van der Waals surface area contributed by atoms with Crippen molar-refractivity contribution < 1.29 is 0 Å². The van der Waals surface area contributed by atoms with E-state index in [9.17, 15) is 0 Å². The van der Waals surface area contributed by atoms with E-state index in [0.29, 0.717) is 6.54 Å². The molecule has 2 nitrogen and oxygen atoms in total. The number of hydrogen-bond acceptors (Lipinski definition) is 2. The molecule has 1 aromatic rings. The molecule has 18 heavy (non-hydrogen) atoms. The van der Waals surface area contributed by atoms with Crippen LogP contribution in [0.1, 0.15) is 51.2 Å². The Labute approximate surface area is 111 Å². The lowest BCUT2D eigenvalue weighted by molar-refractivity contribution is 0.265. The summed E-state index contributed by atoms with van der Waals surface area (Å²) in [6.07, 6.45) is 3.69. The first-order chi connectivity index (χ1) is 8.48. The summed E-state index contributed by atoms with van der Waals surface area (Å²) >= 11 is 0. The van der Waals surface area contributed by atoms with Crippen LogP contribution < -0.4 is 11.1 Å². The number of hydrogen-bond donors (Lipinski definition) is 2. The molecular weight excluding hydrogens is 220 g/mol. The Hall–Kier alpha value is -0.860. The van der Waals surface area contributed by atoms with E-state index < -0.39 is 0 Å². The highest BCUT2D eigenvalue weighted by Crippen LogP contribution is 2.31. The zero-order chi connectivity index (χ0) is 13.2. The van der Waals surface area contributed by atoms with Crippen molar-refractivity contribution in [2.45, 2.75) is 51.0 Å². The predicted octanol–water partition coefficient (Wildman–Crippen LogP) is 2.91. The minimum atomic E-state index is 0.00860. The van der Waals surface area contributed by atoms with E-state index in [2.05, 4.69) is 50.4 Å². The third-order valence-electron chi connectivity index (χ3n) is 4.15. The van der Waals surface area contributed by atoms with Crippen LogP contribution in [0, 0.1) is 0 Å². The summed E-state index contributed by atoms with van der Waals surface area (Å²) in [4.78, 5) is 0. The molecule has 2 heteroatoms. The minimum Gasteiger partial charge on any atom is -0.328 e. The van der Waals surface area contributed by atoms with Gasteiger partial charge in [0.05, 0.1) is 5.54 Å². The fraction of sp³-hybridized carbons (Fsp3) is 0.625. The van der Waals surface area contributed by atoms with Crippen molar-refractivity contribution >= 4 is 0 Å². The lowest BCUT2D eigenvalue weighted by atomic mass is 9.80. The van der Waals surface area contributed by atoms with E-state index in [1.165, 1.54) is 24.0 Å². The Bertz CT molecular complexity index is 381. The van der Waals surface area contributed by atoms with Crippen LogP contribution in [0.5, 0.6) is 0 Å². The van der Waals surface area contributed by atoms with Crippen LogP contribution in [-0.4, -0.2) is 13.1 Å². The normalized spacial score (nSPS) is 25.1. The van der Waals surface area contributed by atoms with Crippen molar-refractivity contribution in [2.75, 3.05) is 13.1 Å². The van der Waals surface area contributed by atoms with Crippen molar-refractivity contribution in [3.63, 3.8) is 0 Å². The summed E-state index contributed by atoms with van der Waals surface area (Å²) in [5.41, 5.74) is 8.99. The van der Waals surface area contributed by atoms with Gasteiger partial charge in [-0.15, -0.1) is 0 Å². The van der Waals surface area contributed by atoms with Crippen LogP contribution in [0.3, 0.4) is 0 Å². The minimum absolute atomic E-state index is 0.00860. The third-order valence-corrected chi connectivity index (χ3v) is 4.15. The van der Waals surface area contributed by atoms with E-state index >= 15 is 0 Å². The molecule has 0 bridgehead atoms. The lowest BCUT2D eigenvalue weighted by Gasteiger charge is -2.38. The largest absolute Gasteiger partial charge is 0.328 e. The van der Waals surface area contributed by atoms with Crippen molar-refractivity contribution in [1.82, 2.24) is 5.32 Å². The Kier molecular flexibility index (Phi) is 3.79. The Balaban J connectivity index is 2.27. The fourth-order valence-electron chi connectivity index (χ4n) is 2.80. The first-order valence-corrected chi connectivity index (χ1v) is 7.04. The average Bonchev–Trinajstić information content (AvgIpc) is 2.39. The quantitative estimate of drug-likeness (QED) is 0.842. The summed E-state index contributed by atoms with van der Waals surface area (Å²) < 4.78 is 0. The molecule has 2 rings (SSSR count). The van der Waals surface area contributed by atoms with E-state index in [0.717, 1.165) is 13.0 Å². The van der Waals surface area contributed by atoms with Crippen molar-refractivity contribution in [3.8, 4) is 0 Å². The van der Waals surface area contributed by atoms with Gasteiger partial charge in [-0.1, -0.05) is 45.0 Å². The topological polar surface area (TPSA) is 38.0 Å². The first-order valence-electron chi connectivity index (χ1n) is 7.04. The summed E-state index contributed by atoms with van der Waals surface area (Å²) in [6, 6.07) is 9.02. The molecule has 0 radical (unpaired) electrons. The molecular formula is C16H26N2. The highest BCUT2D eigenvalue weighted by atomic mass is 15.0. The van der Waals surface area contributed by atoms with E-state index in [4.69, 9.17) is 5.73 Å². The molecule has 0 aromatic heterocycles. The average molecular weight is 246 g/mol. The first kappa shape index (κ1) is 13.6. The SMILES string of the molecule is CC(C)(C)c1ccc(C2(CN)CCCCN2)cc1. The molecule has 1 atom stereocenters. The van der Waals surface area contributed by atoms with Gasteiger partial charge in [0.15, 0.2) is 0 Å².